The number of rotatable bonds is 1. The first-order chi connectivity index (χ1) is 9.63. The zero-order chi connectivity index (χ0) is 14.1. The van der Waals surface area contributed by atoms with Gasteiger partial charge in [0, 0.05) is 5.02 Å². The molecule has 2 nitrogen and oxygen atoms in total. The van der Waals surface area contributed by atoms with Crippen LogP contribution in [0.3, 0.4) is 0 Å². The number of phenols is 2. The largest absolute Gasteiger partial charge is 0.508 e. The summed E-state index contributed by atoms with van der Waals surface area (Å²) < 4.78 is 0. The lowest BCUT2D eigenvalue weighted by atomic mass is 9.90. The zero-order valence-electron chi connectivity index (χ0n) is 11.1. The lowest BCUT2D eigenvalue weighted by Crippen LogP contribution is -2.02. The molecule has 0 amide bonds. The van der Waals surface area contributed by atoms with Crippen molar-refractivity contribution in [2.75, 3.05) is 0 Å². The second-order valence-electron chi connectivity index (χ2n) is 5.45. The van der Waals surface area contributed by atoms with E-state index in [9.17, 15) is 10.2 Å². The monoisotopic (exact) mass is 288 g/mol. The van der Waals surface area contributed by atoms with Gasteiger partial charge in [-0.1, -0.05) is 23.7 Å². The van der Waals surface area contributed by atoms with Gasteiger partial charge in [-0.25, -0.2) is 0 Å². The number of hydrogen-bond acceptors (Lipinski definition) is 2. The van der Waals surface area contributed by atoms with Crippen LogP contribution in [0.1, 0.15) is 35.4 Å². The Morgan fingerprint density at radius 3 is 2.50 bits per heavy atom. The topological polar surface area (TPSA) is 40.5 Å². The van der Waals surface area contributed by atoms with Gasteiger partial charge in [0.15, 0.2) is 0 Å². The molecule has 3 rings (SSSR count). The average Bonchev–Trinajstić information content (AvgIpc) is 2.60. The Morgan fingerprint density at radius 2 is 1.70 bits per heavy atom. The van der Waals surface area contributed by atoms with Crippen molar-refractivity contribution in [2.24, 2.45) is 0 Å². The Bertz CT molecular complexity index is 637. The van der Waals surface area contributed by atoms with Gasteiger partial charge < -0.3 is 10.2 Å². The Morgan fingerprint density at radius 1 is 0.950 bits per heavy atom. The van der Waals surface area contributed by atoms with Crippen molar-refractivity contribution < 1.29 is 10.2 Å². The van der Waals surface area contributed by atoms with E-state index in [1.54, 1.807) is 18.2 Å². The molecule has 0 saturated carbocycles. The van der Waals surface area contributed by atoms with Crippen molar-refractivity contribution in [3.63, 3.8) is 0 Å². The molecule has 0 saturated heterocycles. The van der Waals surface area contributed by atoms with Crippen LogP contribution in [0, 0.1) is 0 Å². The third kappa shape index (κ3) is 2.61. The number of phenolic OH excluding ortho intramolecular Hbond substituents is 2. The van der Waals surface area contributed by atoms with Crippen molar-refractivity contribution in [2.45, 2.75) is 31.6 Å². The fourth-order valence-corrected chi connectivity index (χ4v) is 3.39. The molecule has 2 aromatic rings. The fraction of sp³-hybridized carbons (Fsp3) is 0.294. The van der Waals surface area contributed by atoms with Crippen molar-refractivity contribution >= 4 is 11.6 Å². The molecule has 0 radical (unpaired) electrons. The standard InChI is InChI=1S/C17H17ClO2/c18-17-10-15(20)6-7-16(17)13-3-1-2-11-9-14(19)5-4-12(11)8-13/h4-7,9-10,13,19-20H,1-3,8H2. The number of hydrogen-bond donors (Lipinski definition) is 2. The van der Waals surface area contributed by atoms with Crippen molar-refractivity contribution in [3.8, 4) is 11.5 Å². The maximum atomic E-state index is 9.59. The second-order valence-corrected chi connectivity index (χ2v) is 5.86. The lowest BCUT2D eigenvalue weighted by Gasteiger charge is -2.17. The van der Waals surface area contributed by atoms with Gasteiger partial charge in [0.05, 0.1) is 0 Å². The number of benzene rings is 2. The van der Waals surface area contributed by atoms with Crippen LogP contribution in [-0.4, -0.2) is 10.2 Å². The van der Waals surface area contributed by atoms with Gasteiger partial charge in [-0.2, -0.15) is 0 Å². The van der Waals surface area contributed by atoms with Gasteiger partial charge in [0.25, 0.3) is 0 Å². The minimum absolute atomic E-state index is 0.206. The van der Waals surface area contributed by atoms with Crippen LogP contribution in [0.5, 0.6) is 11.5 Å². The molecule has 0 aromatic heterocycles. The highest BCUT2D eigenvalue weighted by Crippen LogP contribution is 2.37. The molecule has 1 atom stereocenters. The number of fused-ring (bicyclic) bond motifs is 1. The molecule has 3 heteroatoms. The molecule has 0 heterocycles. The minimum atomic E-state index is 0.206. The molecule has 2 N–H and O–H groups in total. The SMILES string of the molecule is Oc1ccc(C2CCCc3cc(O)ccc3C2)c(Cl)c1. The van der Waals surface area contributed by atoms with Crippen molar-refractivity contribution in [1.82, 2.24) is 0 Å². The van der Waals surface area contributed by atoms with Gasteiger partial charge in [0.2, 0.25) is 0 Å². The predicted molar refractivity (Wildman–Crippen MR) is 80.6 cm³/mol. The molecule has 0 aliphatic heterocycles. The third-order valence-corrected chi connectivity index (χ3v) is 4.41. The maximum absolute atomic E-state index is 9.59. The highest BCUT2D eigenvalue weighted by atomic mass is 35.5. The summed E-state index contributed by atoms with van der Waals surface area (Å²) in [5, 5.41) is 19.7. The first-order valence-electron chi connectivity index (χ1n) is 6.92. The first kappa shape index (κ1) is 13.3. The van der Waals surface area contributed by atoms with Gasteiger partial charge in [-0.3, -0.25) is 0 Å². The molecule has 2 aromatic carbocycles. The van der Waals surface area contributed by atoms with Crippen molar-refractivity contribution in [1.29, 1.82) is 0 Å². The van der Waals surface area contributed by atoms with Crippen LogP contribution in [0.25, 0.3) is 0 Å². The van der Waals surface area contributed by atoms with Gasteiger partial charge in [-0.15, -0.1) is 0 Å². The summed E-state index contributed by atoms with van der Waals surface area (Å²) in [4.78, 5) is 0. The highest BCUT2D eigenvalue weighted by Gasteiger charge is 2.20. The molecule has 0 spiro atoms. The minimum Gasteiger partial charge on any atom is -0.508 e. The van der Waals surface area contributed by atoms with E-state index in [4.69, 9.17) is 11.6 Å². The van der Waals surface area contributed by atoms with E-state index in [0.717, 1.165) is 31.2 Å². The molecule has 1 aliphatic carbocycles. The smallest absolute Gasteiger partial charge is 0.117 e. The molecule has 1 aliphatic rings. The lowest BCUT2D eigenvalue weighted by molar-refractivity contribution is 0.473. The Hall–Kier alpha value is -1.67. The van der Waals surface area contributed by atoms with Crippen LogP contribution in [0.2, 0.25) is 5.02 Å². The van der Waals surface area contributed by atoms with Gasteiger partial charge in [-0.05, 0) is 72.6 Å². The zero-order valence-corrected chi connectivity index (χ0v) is 11.9. The second kappa shape index (κ2) is 5.37. The van der Waals surface area contributed by atoms with E-state index in [-0.39, 0.29) is 5.75 Å². The summed E-state index contributed by atoms with van der Waals surface area (Å²) in [6, 6.07) is 10.9. The normalized spacial score (nSPS) is 18.4. The molecule has 104 valence electrons. The Labute approximate surface area is 123 Å². The first-order valence-corrected chi connectivity index (χ1v) is 7.30. The van der Waals surface area contributed by atoms with E-state index < -0.39 is 0 Å². The molecule has 0 bridgehead atoms. The molecular weight excluding hydrogens is 272 g/mol. The quantitative estimate of drug-likeness (QED) is 0.763. The van der Waals surface area contributed by atoms with Crippen molar-refractivity contribution in [3.05, 3.63) is 58.1 Å². The molecule has 20 heavy (non-hydrogen) atoms. The third-order valence-electron chi connectivity index (χ3n) is 4.08. The van der Waals surface area contributed by atoms with E-state index in [1.807, 2.05) is 18.2 Å². The average molecular weight is 289 g/mol. The summed E-state index contributed by atoms with van der Waals surface area (Å²) in [5.41, 5.74) is 3.63. The number of aromatic hydroxyl groups is 2. The van der Waals surface area contributed by atoms with Gasteiger partial charge in [0.1, 0.15) is 11.5 Å². The van der Waals surface area contributed by atoms with Gasteiger partial charge >= 0.3 is 0 Å². The summed E-state index contributed by atoms with van der Waals surface area (Å²) in [6.45, 7) is 0. The summed E-state index contributed by atoms with van der Waals surface area (Å²) in [7, 11) is 0. The summed E-state index contributed by atoms with van der Waals surface area (Å²) in [5.74, 6) is 0.913. The predicted octanol–water partition coefficient (Wildman–Crippen LogP) is 4.41. The number of halogens is 1. The fourth-order valence-electron chi connectivity index (χ4n) is 3.06. The van der Waals surface area contributed by atoms with Crippen LogP contribution in [0.4, 0.5) is 0 Å². The molecule has 1 unspecified atom stereocenters. The van der Waals surface area contributed by atoms with Crippen LogP contribution < -0.4 is 0 Å². The van der Waals surface area contributed by atoms with Crippen LogP contribution in [-0.2, 0) is 12.8 Å². The van der Waals surface area contributed by atoms with E-state index in [1.165, 1.54) is 11.1 Å². The summed E-state index contributed by atoms with van der Waals surface area (Å²) >= 11 is 6.27. The van der Waals surface area contributed by atoms with E-state index in [2.05, 4.69) is 0 Å². The van der Waals surface area contributed by atoms with E-state index >= 15 is 0 Å². The summed E-state index contributed by atoms with van der Waals surface area (Å²) in [6.07, 6.45) is 4.08. The Balaban J connectivity index is 1.94. The van der Waals surface area contributed by atoms with E-state index in [0.29, 0.717) is 16.7 Å². The van der Waals surface area contributed by atoms with Crippen LogP contribution >= 0.6 is 11.6 Å². The number of aryl methyl sites for hydroxylation is 1. The molecular formula is C17H17ClO2. The molecule has 0 fully saturated rings. The maximum Gasteiger partial charge on any atom is 0.117 e. The highest BCUT2D eigenvalue weighted by molar-refractivity contribution is 6.31. The van der Waals surface area contributed by atoms with Crippen LogP contribution in [0.15, 0.2) is 36.4 Å². The Kier molecular flexibility index (Phi) is 3.58.